The van der Waals surface area contributed by atoms with Crippen LogP contribution >= 0.6 is 31.9 Å². The van der Waals surface area contributed by atoms with E-state index in [0.717, 1.165) is 14.6 Å². The van der Waals surface area contributed by atoms with Crippen molar-refractivity contribution in [3.8, 4) is 11.4 Å². The lowest BCUT2D eigenvalue weighted by Gasteiger charge is -2.08. The quantitative estimate of drug-likeness (QED) is 0.905. The second kappa shape index (κ2) is 4.42. The molecule has 84 valence electrons. The molecule has 0 aliphatic rings. The van der Waals surface area contributed by atoms with Gasteiger partial charge in [-0.15, -0.1) is 9.90 Å². The Bertz CT molecular complexity index is 526. The third-order valence-corrected chi connectivity index (χ3v) is 3.20. The Hall–Kier alpha value is -1.08. The predicted molar refractivity (Wildman–Crippen MR) is 67.7 cm³/mol. The summed E-state index contributed by atoms with van der Waals surface area (Å²) in [6.45, 7) is 0. The maximum atomic E-state index is 5.52. The van der Waals surface area contributed by atoms with Gasteiger partial charge >= 0.3 is 0 Å². The lowest BCUT2D eigenvalue weighted by atomic mass is 10.3. The third kappa shape index (κ3) is 2.05. The first-order chi connectivity index (χ1) is 7.61. The van der Waals surface area contributed by atoms with Gasteiger partial charge in [-0.1, -0.05) is 0 Å². The van der Waals surface area contributed by atoms with Crippen LogP contribution in [-0.4, -0.2) is 22.1 Å². The van der Waals surface area contributed by atoms with E-state index < -0.39 is 0 Å². The van der Waals surface area contributed by atoms with Gasteiger partial charge in [-0.2, -0.15) is 5.10 Å². The number of anilines is 1. The van der Waals surface area contributed by atoms with Gasteiger partial charge in [-0.25, -0.2) is 0 Å². The molecule has 0 spiro atoms. The molecule has 0 aliphatic carbocycles. The van der Waals surface area contributed by atoms with E-state index in [1.807, 2.05) is 12.1 Å². The molecule has 0 bridgehead atoms. The van der Waals surface area contributed by atoms with Crippen LogP contribution in [-0.2, 0) is 0 Å². The van der Waals surface area contributed by atoms with Crippen molar-refractivity contribution in [1.82, 2.24) is 15.0 Å². The lowest BCUT2D eigenvalue weighted by Crippen LogP contribution is -2.01. The van der Waals surface area contributed by atoms with E-state index in [1.54, 1.807) is 7.11 Å². The molecule has 2 aromatic rings. The number of nitrogens with zero attached hydrogens (tertiary/aromatic N) is 3. The predicted octanol–water partition coefficient (Wildman–Crippen LogP) is 2.38. The van der Waals surface area contributed by atoms with Crippen LogP contribution in [0.1, 0.15) is 0 Å². The van der Waals surface area contributed by atoms with Crippen molar-refractivity contribution in [3.63, 3.8) is 0 Å². The summed E-state index contributed by atoms with van der Waals surface area (Å²) >= 11 is 6.82. The molecular formula is C9H8Br2N4O. The Morgan fingerprint density at radius 1 is 1.31 bits per heavy atom. The Labute approximate surface area is 109 Å². The summed E-state index contributed by atoms with van der Waals surface area (Å²) in [6, 6.07) is 3.68. The minimum Gasteiger partial charge on any atom is -0.495 e. The highest BCUT2D eigenvalue weighted by Gasteiger charge is 2.10. The van der Waals surface area contributed by atoms with E-state index in [2.05, 4.69) is 42.1 Å². The standard InChI is InChI=1S/C9H8Br2N4O/c1-16-8-3-7(5(10)2-6(8)11)15-13-4-9(12)14-15/h2-4H,1H3,(H2,12,14). The summed E-state index contributed by atoms with van der Waals surface area (Å²) in [5.41, 5.74) is 6.28. The van der Waals surface area contributed by atoms with Gasteiger partial charge in [0.1, 0.15) is 11.4 Å². The molecule has 7 heteroatoms. The second-order valence-electron chi connectivity index (χ2n) is 3.00. The van der Waals surface area contributed by atoms with E-state index >= 15 is 0 Å². The number of hydrogen-bond donors (Lipinski definition) is 1. The summed E-state index contributed by atoms with van der Waals surface area (Å²) in [4.78, 5) is 1.44. The molecule has 0 saturated heterocycles. The summed E-state index contributed by atoms with van der Waals surface area (Å²) in [7, 11) is 1.60. The molecule has 1 aromatic heterocycles. The van der Waals surface area contributed by atoms with Crippen LogP contribution in [0, 0.1) is 0 Å². The number of rotatable bonds is 2. The smallest absolute Gasteiger partial charge is 0.166 e. The monoisotopic (exact) mass is 346 g/mol. The number of nitrogen functional groups attached to an aromatic ring is 1. The Kier molecular flexibility index (Phi) is 3.15. The van der Waals surface area contributed by atoms with Gasteiger partial charge in [0, 0.05) is 10.5 Å². The highest BCUT2D eigenvalue weighted by Crippen LogP contribution is 2.32. The molecule has 0 unspecified atom stereocenters. The number of benzene rings is 1. The zero-order valence-corrected chi connectivity index (χ0v) is 11.5. The number of halogens is 2. The van der Waals surface area contributed by atoms with Crippen molar-refractivity contribution in [2.45, 2.75) is 0 Å². The number of methoxy groups -OCH3 is 1. The van der Waals surface area contributed by atoms with Crippen LogP contribution in [0.15, 0.2) is 27.3 Å². The topological polar surface area (TPSA) is 66.0 Å². The molecular weight excluding hydrogens is 340 g/mol. The first kappa shape index (κ1) is 11.4. The fraction of sp³-hybridized carbons (Fsp3) is 0.111. The van der Waals surface area contributed by atoms with Crippen LogP contribution < -0.4 is 10.5 Å². The zero-order valence-electron chi connectivity index (χ0n) is 8.32. The number of hydrogen-bond acceptors (Lipinski definition) is 4. The van der Waals surface area contributed by atoms with E-state index in [0.29, 0.717) is 11.6 Å². The number of ether oxygens (including phenoxy) is 1. The van der Waals surface area contributed by atoms with Crippen molar-refractivity contribution < 1.29 is 4.74 Å². The van der Waals surface area contributed by atoms with E-state index in [1.165, 1.54) is 11.0 Å². The summed E-state index contributed by atoms with van der Waals surface area (Å²) in [5, 5.41) is 8.06. The van der Waals surface area contributed by atoms with E-state index in [4.69, 9.17) is 10.5 Å². The van der Waals surface area contributed by atoms with Gasteiger partial charge in [0.05, 0.1) is 17.8 Å². The van der Waals surface area contributed by atoms with E-state index in [-0.39, 0.29) is 0 Å². The lowest BCUT2D eigenvalue weighted by molar-refractivity contribution is 0.411. The molecule has 0 atom stereocenters. The van der Waals surface area contributed by atoms with Crippen molar-refractivity contribution >= 4 is 37.7 Å². The molecule has 2 N–H and O–H groups in total. The average Bonchev–Trinajstić information content (AvgIpc) is 2.65. The molecule has 2 rings (SSSR count). The van der Waals surface area contributed by atoms with Gasteiger partial charge < -0.3 is 10.5 Å². The number of nitrogens with two attached hydrogens (primary N) is 1. The average molecular weight is 348 g/mol. The highest BCUT2D eigenvalue weighted by molar-refractivity contribution is 9.11. The van der Waals surface area contributed by atoms with Crippen molar-refractivity contribution in [2.24, 2.45) is 0 Å². The molecule has 0 saturated carbocycles. The van der Waals surface area contributed by atoms with E-state index in [9.17, 15) is 0 Å². The minimum atomic E-state index is 0.369. The number of aromatic nitrogens is 3. The molecule has 5 nitrogen and oxygen atoms in total. The van der Waals surface area contributed by atoms with Crippen LogP contribution in [0.3, 0.4) is 0 Å². The SMILES string of the molecule is COc1cc(-n2ncc(N)n2)c(Br)cc1Br. The summed E-state index contributed by atoms with van der Waals surface area (Å²) < 4.78 is 6.90. The summed E-state index contributed by atoms with van der Waals surface area (Å²) in [6.07, 6.45) is 1.49. The minimum absolute atomic E-state index is 0.369. The summed E-state index contributed by atoms with van der Waals surface area (Å²) in [5.74, 6) is 1.07. The van der Waals surface area contributed by atoms with Crippen LogP contribution in [0.2, 0.25) is 0 Å². The van der Waals surface area contributed by atoms with Crippen LogP contribution in [0.25, 0.3) is 5.69 Å². The largest absolute Gasteiger partial charge is 0.495 e. The van der Waals surface area contributed by atoms with Crippen molar-refractivity contribution in [1.29, 1.82) is 0 Å². The normalized spacial score (nSPS) is 10.4. The maximum absolute atomic E-state index is 5.52. The Morgan fingerprint density at radius 2 is 2.06 bits per heavy atom. The fourth-order valence-corrected chi connectivity index (χ4v) is 2.53. The van der Waals surface area contributed by atoms with Crippen LogP contribution in [0.4, 0.5) is 5.82 Å². The fourth-order valence-electron chi connectivity index (χ4n) is 1.22. The van der Waals surface area contributed by atoms with Gasteiger partial charge in [0.25, 0.3) is 0 Å². The van der Waals surface area contributed by atoms with Crippen molar-refractivity contribution in [3.05, 3.63) is 27.3 Å². The molecule has 0 fully saturated rings. The molecule has 0 aliphatic heterocycles. The molecule has 1 aromatic carbocycles. The molecule has 16 heavy (non-hydrogen) atoms. The zero-order chi connectivity index (χ0) is 11.7. The van der Waals surface area contributed by atoms with Gasteiger partial charge in [0.15, 0.2) is 5.82 Å². The first-order valence-electron chi connectivity index (χ1n) is 4.33. The highest BCUT2D eigenvalue weighted by atomic mass is 79.9. The molecule has 0 radical (unpaired) electrons. The van der Waals surface area contributed by atoms with Gasteiger partial charge in [0.2, 0.25) is 0 Å². The second-order valence-corrected chi connectivity index (χ2v) is 4.71. The van der Waals surface area contributed by atoms with Gasteiger partial charge in [-0.05, 0) is 37.9 Å². The Morgan fingerprint density at radius 3 is 2.62 bits per heavy atom. The van der Waals surface area contributed by atoms with Crippen LogP contribution in [0.5, 0.6) is 5.75 Å². The molecule has 0 amide bonds. The van der Waals surface area contributed by atoms with Crippen molar-refractivity contribution in [2.75, 3.05) is 12.8 Å². The Balaban J connectivity index is 2.56. The molecule has 1 heterocycles. The van der Waals surface area contributed by atoms with Gasteiger partial charge in [-0.3, -0.25) is 0 Å². The third-order valence-electron chi connectivity index (χ3n) is 1.95. The maximum Gasteiger partial charge on any atom is 0.166 e. The first-order valence-corrected chi connectivity index (χ1v) is 5.91.